The fourth-order valence-electron chi connectivity index (χ4n) is 7.01. The number of amides is 1. The number of anilines is 1. The Bertz CT molecular complexity index is 2650. The van der Waals surface area contributed by atoms with E-state index in [4.69, 9.17) is 14.4 Å². The molecule has 1 amide bonds. The van der Waals surface area contributed by atoms with Gasteiger partial charge in [-0.1, -0.05) is 35.9 Å². The molecular formula is C38H35FN6O5S. The van der Waals surface area contributed by atoms with Gasteiger partial charge < -0.3 is 14.8 Å². The number of pyridine rings is 1. The van der Waals surface area contributed by atoms with Crippen LogP contribution in [0, 0.1) is 12.7 Å². The Labute approximate surface area is 293 Å². The van der Waals surface area contributed by atoms with Crippen molar-refractivity contribution in [2.75, 3.05) is 37.7 Å². The highest BCUT2D eigenvalue weighted by Gasteiger charge is 2.27. The number of sulfonamides is 1. The molecule has 0 aliphatic carbocycles. The highest BCUT2D eigenvalue weighted by molar-refractivity contribution is 7.92. The number of β-amino-alcohol motifs (C(OH)–C–C–N with tert-alkyl or cyclic N) is 1. The van der Waals surface area contributed by atoms with Gasteiger partial charge in [0.2, 0.25) is 10.0 Å². The fraction of sp³-hybridized carbons (Fsp3) is 0.237. The summed E-state index contributed by atoms with van der Waals surface area (Å²) in [5.74, 6) is 0.290. The Balaban J connectivity index is 1.39. The van der Waals surface area contributed by atoms with Gasteiger partial charge in [-0.3, -0.25) is 18.4 Å². The molecule has 8 rings (SSSR count). The van der Waals surface area contributed by atoms with Crippen LogP contribution >= 0.6 is 0 Å². The van der Waals surface area contributed by atoms with Crippen molar-refractivity contribution in [1.29, 1.82) is 0 Å². The molecule has 1 saturated heterocycles. The molecule has 0 spiro atoms. The Hall–Kier alpha value is -5.37. The summed E-state index contributed by atoms with van der Waals surface area (Å²) in [6.45, 7) is 3.64. The number of aromatic nitrogens is 3. The van der Waals surface area contributed by atoms with E-state index >= 15 is 4.39 Å². The number of likely N-dealkylation sites (tertiary alicyclic amines) is 1. The number of hydrogen-bond donors (Lipinski definition) is 2. The molecule has 11 nitrogen and oxygen atoms in total. The van der Waals surface area contributed by atoms with Gasteiger partial charge >= 0.3 is 0 Å². The number of hydrogen-bond acceptors (Lipinski definition) is 8. The third kappa shape index (κ3) is 5.57. The number of aliphatic hydroxyl groups excluding tert-OH is 1. The van der Waals surface area contributed by atoms with Crippen LogP contribution in [0.5, 0.6) is 0 Å². The van der Waals surface area contributed by atoms with Gasteiger partial charge in [-0.25, -0.2) is 22.8 Å². The van der Waals surface area contributed by atoms with Gasteiger partial charge in [-0.2, -0.15) is 0 Å². The smallest absolute Gasteiger partial charge is 0.255 e. The molecule has 0 radical (unpaired) electrons. The lowest BCUT2D eigenvalue weighted by molar-refractivity contribution is 0.0964. The van der Waals surface area contributed by atoms with E-state index in [1.54, 1.807) is 37.4 Å². The van der Waals surface area contributed by atoms with Crippen LogP contribution in [0.25, 0.3) is 61.0 Å². The van der Waals surface area contributed by atoms with E-state index in [2.05, 4.69) is 10.2 Å². The van der Waals surface area contributed by atoms with Gasteiger partial charge in [0.1, 0.15) is 28.5 Å². The molecule has 13 heteroatoms. The number of rotatable bonds is 7. The lowest BCUT2D eigenvalue weighted by Crippen LogP contribution is -2.25. The van der Waals surface area contributed by atoms with E-state index in [1.807, 2.05) is 47.7 Å². The third-order valence-corrected chi connectivity index (χ3v) is 10.9. The van der Waals surface area contributed by atoms with Crippen LogP contribution in [0.2, 0.25) is 0 Å². The monoisotopic (exact) mass is 706 g/mol. The van der Waals surface area contributed by atoms with E-state index in [0.29, 0.717) is 104 Å². The normalized spacial score (nSPS) is 15.5. The molecule has 0 unspecified atom stereocenters. The summed E-state index contributed by atoms with van der Waals surface area (Å²) in [6, 6.07) is 21.2. The summed E-state index contributed by atoms with van der Waals surface area (Å²) in [5, 5.41) is 13.8. The van der Waals surface area contributed by atoms with Gasteiger partial charge in [0.15, 0.2) is 0 Å². The molecule has 1 atom stereocenters. The molecule has 4 aromatic heterocycles. The van der Waals surface area contributed by atoms with Crippen molar-refractivity contribution in [2.24, 2.45) is 0 Å². The van der Waals surface area contributed by atoms with Crippen molar-refractivity contribution < 1.29 is 27.1 Å². The Morgan fingerprint density at radius 3 is 2.55 bits per heavy atom. The number of carbonyl (C=O) groups is 1. The van der Waals surface area contributed by atoms with Crippen LogP contribution in [0.4, 0.5) is 10.1 Å². The highest BCUT2D eigenvalue weighted by Crippen LogP contribution is 2.41. The largest absolute Gasteiger partial charge is 0.455 e. The summed E-state index contributed by atoms with van der Waals surface area (Å²) in [7, 11) is -0.758. The maximum atomic E-state index is 15.2. The minimum Gasteiger partial charge on any atom is -0.455 e. The molecule has 3 aromatic carbocycles. The zero-order valence-corrected chi connectivity index (χ0v) is 29.3. The second-order valence-electron chi connectivity index (χ2n) is 13.2. The predicted octanol–water partition coefficient (Wildman–Crippen LogP) is 5.89. The molecule has 0 bridgehead atoms. The van der Waals surface area contributed by atoms with Crippen LogP contribution in [-0.2, 0) is 16.6 Å². The first-order valence-electron chi connectivity index (χ1n) is 16.5. The summed E-state index contributed by atoms with van der Waals surface area (Å²) >= 11 is 0. The van der Waals surface area contributed by atoms with Gasteiger partial charge in [0.25, 0.3) is 5.91 Å². The second-order valence-corrected chi connectivity index (χ2v) is 15.2. The summed E-state index contributed by atoms with van der Waals surface area (Å²) in [5.41, 5.74) is 5.85. The third-order valence-electron chi connectivity index (χ3n) is 9.72. The molecule has 2 N–H and O–H groups in total. The van der Waals surface area contributed by atoms with Crippen molar-refractivity contribution in [3.63, 3.8) is 0 Å². The van der Waals surface area contributed by atoms with Crippen LogP contribution in [0.15, 0.2) is 77.2 Å². The Morgan fingerprint density at radius 1 is 1.06 bits per heavy atom. The van der Waals surface area contributed by atoms with Crippen LogP contribution in [0.1, 0.15) is 28.2 Å². The zero-order valence-electron chi connectivity index (χ0n) is 28.4. The topological polar surface area (TPSA) is 133 Å². The van der Waals surface area contributed by atoms with Crippen molar-refractivity contribution >= 4 is 60.0 Å². The molecule has 7 aromatic rings. The number of aryl methyl sites for hydroxylation is 1. The quantitative estimate of drug-likeness (QED) is 0.210. The van der Waals surface area contributed by atoms with Gasteiger partial charge in [-0.15, -0.1) is 0 Å². The first-order valence-corrected chi connectivity index (χ1v) is 18.4. The van der Waals surface area contributed by atoms with E-state index in [-0.39, 0.29) is 11.7 Å². The van der Waals surface area contributed by atoms with E-state index < -0.39 is 16.1 Å². The summed E-state index contributed by atoms with van der Waals surface area (Å²) in [6.07, 6.45) is 1.37. The van der Waals surface area contributed by atoms with E-state index in [0.717, 1.165) is 16.1 Å². The average Bonchev–Trinajstić information content (AvgIpc) is 3.82. The number of nitrogens with one attached hydrogen (secondary N) is 1. The van der Waals surface area contributed by atoms with Crippen molar-refractivity contribution in [1.82, 2.24) is 24.6 Å². The number of fused-ring (bicyclic) bond motifs is 6. The van der Waals surface area contributed by atoms with Gasteiger partial charge in [0.05, 0.1) is 52.4 Å². The summed E-state index contributed by atoms with van der Waals surface area (Å²) < 4.78 is 50.6. The molecule has 5 heterocycles. The first kappa shape index (κ1) is 32.8. The van der Waals surface area contributed by atoms with Crippen LogP contribution in [-0.4, -0.2) is 78.2 Å². The number of benzene rings is 3. The van der Waals surface area contributed by atoms with Gasteiger partial charge in [-0.05, 0) is 49.7 Å². The minimum atomic E-state index is -3.75. The number of nitrogens with zero attached hydrogens (tertiary/aromatic N) is 5. The minimum absolute atomic E-state index is 0.296. The Kier molecular flexibility index (Phi) is 7.82. The van der Waals surface area contributed by atoms with Crippen LogP contribution in [0.3, 0.4) is 0 Å². The van der Waals surface area contributed by atoms with Crippen molar-refractivity contribution in [3.8, 4) is 22.6 Å². The average molecular weight is 707 g/mol. The van der Waals surface area contributed by atoms with E-state index in [1.165, 1.54) is 13.1 Å². The highest BCUT2D eigenvalue weighted by atomic mass is 32.2. The number of halogens is 1. The van der Waals surface area contributed by atoms with E-state index in [9.17, 15) is 18.3 Å². The number of furan rings is 1. The SMILES string of the molecule is CNC(=O)c1c(-c2ccc(C)cc2)oc2cc(N(C)S(C)(=O)=O)c(-c3ccc4nc(CN5CC[C@H](O)C5)n5c6cccc(F)c6cc5c4n3)cc12. The molecule has 1 aliphatic heterocycles. The second kappa shape index (κ2) is 12.1. The maximum absolute atomic E-state index is 15.2. The lowest BCUT2D eigenvalue weighted by atomic mass is 10.00. The standard InChI is InChI=1S/C38H35FN6O5S/c1-21-8-10-22(11-9-21)37-35(38(47)40-2)26-16-25(31(18-33(26)50-37)43(3)51(4,48)49)28-12-13-29-36(42-28)32-17-24-27(39)6-5-7-30(24)45(32)34(41-29)20-44-15-14-23(46)19-44/h5-13,16-18,23,46H,14-15,19-20H2,1-4H3,(H,40,47)/t23-/m0/s1. The predicted molar refractivity (Wildman–Crippen MR) is 196 cm³/mol. The Morgan fingerprint density at radius 2 is 1.84 bits per heavy atom. The molecule has 1 fully saturated rings. The molecule has 260 valence electrons. The summed E-state index contributed by atoms with van der Waals surface area (Å²) in [4.78, 5) is 25.6. The first-order chi connectivity index (χ1) is 24.4. The fourth-order valence-corrected chi connectivity index (χ4v) is 7.52. The van der Waals surface area contributed by atoms with Crippen molar-refractivity contribution in [3.05, 3.63) is 95.6 Å². The number of carbonyl (C=O) groups excluding carboxylic acids is 1. The molecule has 1 aliphatic rings. The maximum Gasteiger partial charge on any atom is 0.255 e. The molecule has 0 saturated carbocycles. The zero-order chi connectivity index (χ0) is 35.8. The lowest BCUT2D eigenvalue weighted by Gasteiger charge is -2.21. The molecular weight excluding hydrogens is 672 g/mol. The van der Waals surface area contributed by atoms with Gasteiger partial charge in [0, 0.05) is 55.2 Å². The molecule has 51 heavy (non-hydrogen) atoms. The van der Waals surface area contributed by atoms with Crippen molar-refractivity contribution in [2.45, 2.75) is 26.0 Å². The number of aliphatic hydroxyl groups is 1. The van der Waals surface area contributed by atoms with Crippen LogP contribution < -0.4 is 9.62 Å².